The molecule has 0 amide bonds. The van der Waals surface area contributed by atoms with Crippen LogP contribution in [-0.2, 0) is 6.61 Å². The van der Waals surface area contributed by atoms with E-state index in [9.17, 15) is 5.26 Å². The van der Waals surface area contributed by atoms with Crippen LogP contribution in [0.15, 0.2) is 41.8 Å². The van der Waals surface area contributed by atoms with Crippen LogP contribution in [0, 0.1) is 18.3 Å². The number of hydrogen-bond acceptors (Lipinski definition) is 5. The lowest BCUT2D eigenvalue weighted by Crippen LogP contribution is -1.99. The zero-order valence-electron chi connectivity index (χ0n) is 13.7. The Morgan fingerprint density at radius 2 is 2.12 bits per heavy atom. The van der Waals surface area contributed by atoms with E-state index in [1.807, 2.05) is 42.6 Å². The number of methoxy groups -OCH3 is 1. The van der Waals surface area contributed by atoms with Gasteiger partial charge in [0.05, 0.1) is 12.8 Å². The maximum Gasteiger partial charge on any atom is 0.213 e. The van der Waals surface area contributed by atoms with Crippen molar-refractivity contribution in [1.29, 1.82) is 5.26 Å². The summed E-state index contributed by atoms with van der Waals surface area (Å²) in [5.74, 6) is 0.530. The van der Waals surface area contributed by atoms with Gasteiger partial charge >= 0.3 is 0 Å². The molecule has 3 rings (SSSR count). The normalized spacial score (nSPS) is 10.3. The molecule has 0 N–H and O–H groups in total. The van der Waals surface area contributed by atoms with Gasteiger partial charge in [-0.3, -0.25) is 0 Å². The number of thiophene rings is 1. The van der Waals surface area contributed by atoms with E-state index in [1.165, 1.54) is 11.3 Å². The van der Waals surface area contributed by atoms with Gasteiger partial charge in [0.15, 0.2) is 5.06 Å². The minimum atomic E-state index is 0.264. The fourth-order valence-electron chi connectivity index (χ4n) is 2.32. The van der Waals surface area contributed by atoms with Crippen molar-refractivity contribution in [2.24, 2.45) is 0 Å². The third-order valence-electron chi connectivity index (χ3n) is 3.69. The first-order chi connectivity index (χ1) is 12.1. The van der Waals surface area contributed by atoms with Crippen LogP contribution in [0.5, 0.6) is 10.9 Å². The second-order valence-corrected chi connectivity index (χ2v) is 6.60. The minimum Gasteiger partial charge on any atom is -0.481 e. The summed E-state index contributed by atoms with van der Waals surface area (Å²) in [6.07, 6.45) is 0. The molecule has 4 nitrogen and oxygen atoms in total. The molecule has 1 aromatic carbocycles. The molecule has 0 saturated carbocycles. The zero-order chi connectivity index (χ0) is 17.8. The molecule has 0 aliphatic heterocycles. The topological polar surface area (TPSA) is 55.1 Å². The lowest BCUT2D eigenvalue weighted by Gasteiger charge is -2.06. The van der Waals surface area contributed by atoms with E-state index < -0.39 is 0 Å². The van der Waals surface area contributed by atoms with Gasteiger partial charge in [-0.1, -0.05) is 29.8 Å². The lowest BCUT2D eigenvalue weighted by atomic mass is 10.0. The van der Waals surface area contributed by atoms with Crippen LogP contribution in [0.3, 0.4) is 0 Å². The molecular formula is C19H15ClN2O2S. The maximum atomic E-state index is 9.56. The Hall–Kier alpha value is -2.55. The van der Waals surface area contributed by atoms with Crippen molar-refractivity contribution in [1.82, 2.24) is 4.98 Å². The first-order valence-electron chi connectivity index (χ1n) is 7.53. The molecule has 25 heavy (non-hydrogen) atoms. The van der Waals surface area contributed by atoms with Gasteiger partial charge < -0.3 is 9.47 Å². The van der Waals surface area contributed by atoms with E-state index in [1.54, 1.807) is 13.2 Å². The van der Waals surface area contributed by atoms with Crippen molar-refractivity contribution in [2.75, 3.05) is 7.11 Å². The summed E-state index contributed by atoms with van der Waals surface area (Å²) >= 11 is 7.59. The van der Waals surface area contributed by atoms with Gasteiger partial charge in [-0.2, -0.15) is 5.26 Å². The van der Waals surface area contributed by atoms with Crippen LogP contribution in [0.2, 0.25) is 5.02 Å². The molecule has 2 heterocycles. The molecule has 126 valence electrons. The number of hydrogen-bond donors (Lipinski definition) is 0. The van der Waals surface area contributed by atoms with E-state index in [0.29, 0.717) is 21.5 Å². The predicted molar refractivity (Wildman–Crippen MR) is 99.3 cm³/mol. The average molecular weight is 371 g/mol. The molecule has 2 aromatic heterocycles. The molecule has 6 heteroatoms. The third kappa shape index (κ3) is 3.76. The number of aryl methyl sites for hydroxylation is 1. The summed E-state index contributed by atoms with van der Waals surface area (Å²) in [6.45, 7) is 2.21. The Balaban J connectivity index is 1.84. The first-order valence-corrected chi connectivity index (χ1v) is 8.79. The van der Waals surface area contributed by atoms with E-state index in [0.717, 1.165) is 22.4 Å². The Morgan fingerprint density at radius 3 is 2.84 bits per heavy atom. The predicted octanol–water partition coefficient (Wildman–Crippen LogP) is 5.23. The molecular weight excluding hydrogens is 356 g/mol. The van der Waals surface area contributed by atoms with Gasteiger partial charge in [-0.25, -0.2) is 4.98 Å². The SMILES string of the molecule is COc1cccc(COc2scc(-c3ccc(C)c(Cl)c3)c2C#N)n1. The van der Waals surface area contributed by atoms with E-state index in [-0.39, 0.29) is 6.61 Å². The average Bonchev–Trinajstić information content (AvgIpc) is 3.05. The van der Waals surface area contributed by atoms with Crippen molar-refractivity contribution in [2.45, 2.75) is 13.5 Å². The van der Waals surface area contributed by atoms with Gasteiger partial charge in [0.25, 0.3) is 0 Å². The molecule has 0 unspecified atom stereocenters. The Bertz CT molecular complexity index is 947. The van der Waals surface area contributed by atoms with Crippen LogP contribution in [-0.4, -0.2) is 12.1 Å². The van der Waals surface area contributed by atoms with Crippen LogP contribution in [0.25, 0.3) is 11.1 Å². The number of benzene rings is 1. The molecule has 0 aliphatic rings. The number of nitriles is 1. The fraction of sp³-hybridized carbons (Fsp3) is 0.158. The first kappa shape index (κ1) is 17.3. The number of ether oxygens (including phenoxy) is 2. The highest BCUT2D eigenvalue weighted by Crippen LogP contribution is 2.38. The number of aromatic nitrogens is 1. The Kier molecular flexibility index (Phi) is 5.22. The second-order valence-electron chi connectivity index (χ2n) is 5.35. The standard InChI is InChI=1S/C19H15ClN2O2S/c1-12-6-7-13(8-17(12)20)16-11-25-19(15(16)9-21)24-10-14-4-3-5-18(22-14)23-2/h3-8,11H,10H2,1-2H3. The van der Waals surface area contributed by atoms with Gasteiger partial charge in [0, 0.05) is 22.0 Å². The van der Waals surface area contributed by atoms with Crippen molar-refractivity contribution < 1.29 is 9.47 Å². The largest absolute Gasteiger partial charge is 0.481 e. The van der Waals surface area contributed by atoms with Crippen molar-refractivity contribution in [3.8, 4) is 28.1 Å². The van der Waals surface area contributed by atoms with Crippen molar-refractivity contribution in [3.63, 3.8) is 0 Å². The van der Waals surface area contributed by atoms with Crippen molar-refractivity contribution >= 4 is 22.9 Å². The van der Waals surface area contributed by atoms with Gasteiger partial charge in [-0.05, 0) is 30.2 Å². The molecule has 0 atom stereocenters. The highest BCUT2D eigenvalue weighted by molar-refractivity contribution is 7.12. The Labute approximate surface area is 155 Å². The minimum absolute atomic E-state index is 0.264. The fourth-order valence-corrected chi connectivity index (χ4v) is 3.38. The summed E-state index contributed by atoms with van der Waals surface area (Å²) in [6, 6.07) is 13.5. The number of halogens is 1. The number of rotatable bonds is 5. The Morgan fingerprint density at radius 1 is 1.28 bits per heavy atom. The van der Waals surface area contributed by atoms with E-state index in [4.69, 9.17) is 21.1 Å². The lowest BCUT2D eigenvalue weighted by molar-refractivity contribution is 0.306. The highest BCUT2D eigenvalue weighted by atomic mass is 35.5. The second kappa shape index (κ2) is 7.56. The van der Waals surface area contributed by atoms with E-state index in [2.05, 4.69) is 11.1 Å². The smallest absolute Gasteiger partial charge is 0.213 e. The van der Waals surface area contributed by atoms with Crippen LogP contribution in [0.1, 0.15) is 16.8 Å². The molecule has 0 spiro atoms. The zero-order valence-corrected chi connectivity index (χ0v) is 15.3. The molecule has 0 bridgehead atoms. The quantitative estimate of drug-likeness (QED) is 0.617. The summed E-state index contributed by atoms with van der Waals surface area (Å²) in [7, 11) is 1.57. The summed E-state index contributed by atoms with van der Waals surface area (Å²) < 4.78 is 10.9. The van der Waals surface area contributed by atoms with E-state index >= 15 is 0 Å². The van der Waals surface area contributed by atoms with Crippen LogP contribution in [0.4, 0.5) is 0 Å². The molecule has 0 radical (unpaired) electrons. The molecule has 0 fully saturated rings. The summed E-state index contributed by atoms with van der Waals surface area (Å²) in [4.78, 5) is 4.31. The summed E-state index contributed by atoms with van der Waals surface area (Å²) in [5.41, 5.74) is 3.96. The van der Waals surface area contributed by atoms with Crippen LogP contribution < -0.4 is 9.47 Å². The third-order valence-corrected chi connectivity index (χ3v) is 4.99. The number of pyridine rings is 1. The van der Waals surface area contributed by atoms with Gasteiger partial charge in [0.2, 0.25) is 5.88 Å². The molecule has 0 aliphatic carbocycles. The molecule has 0 saturated heterocycles. The van der Waals surface area contributed by atoms with Gasteiger partial charge in [-0.15, -0.1) is 11.3 Å². The molecule has 3 aromatic rings. The number of nitrogens with zero attached hydrogens (tertiary/aromatic N) is 2. The summed E-state index contributed by atoms with van der Waals surface area (Å²) in [5, 5.41) is 12.7. The van der Waals surface area contributed by atoms with Crippen LogP contribution >= 0.6 is 22.9 Å². The van der Waals surface area contributed by atoms with Gasteiger partial charge in [0.1, 0.15) is 18.2 Å². The van der Waals surface area contributed by atoms with Crippen molar-refractivity contribution in [3.05, 3.63) is 63.6 Å². The highest BCUT2D eigenvalue weighted by Gasteiger charge is 2.15. The maximum absolute atomic E-state index is 9.56. The monoisotopic (exact) mass is 370 g/mol.